The quantitative estimate of drug-likeness (QED) is 0.235. The summed E-state index contributed by atoms with van der Waals surface area (Å²) in [5, 5.41) is 3.49. The first-order valence-corrected chi connectivity index (χ1v) is 16.0. The second kappa shape index (κ2) is 15.3. The minimum absolute atomic E-state index is 0.0125. The highest BCUT2D eigenvalue weighted by molar-refractivity contribution is 7.92. The molecule has 0 fully saturated rings. The zero-order valence-electron chi connectivity index (χ0n) is 24.9. The fourth-order valence-electron chi connectivity index (χ4n) is 4.46. The summed E-state index contributed by atoms with van der Waals surface area (Å²) in [6.45, 7) is 5.35. The van der Waals surface area contributed by atoms with E-state index in [1.807, 2.05) is 13.8 Å². The molecule has 0 bridgehead atoms. The lowest BCUT2D eigenvalue weighted by molar-refractivity contribution is -0.140. The molecule has 3 aromatic carbocycles. The summed E-state index contributed by atoms with van der Waals surface area (Å²) < 4.78 is 40.2. The number of carbonyl (C=O) groups is 2. The van der Waals surface area contributed by atoms with Crippen molar-refractivity contribution in [1.29, 1.82) is 0 Å². The zero-order chi connectivity index (χ0) is 31.7. The first-order chi connectivity index (χ1) is 20.5. The Morgan fingerprint density at radius 1 is 0.930 bits per heavy atom. The minimum Gasteiger partial charge on any atom is -0.497 e. The zero-order valence-corrected chi connectivity index (χ0v) is 27.2. The Kier molecular flexibility index (Phi) is 12.1. The van der Waals surface area contributed by atoms with Crippen LogP contribution in [0.3, 0.4) is 0 Å². The summed E-state index contributed by atoms with van der Waals surface area (Å²) in [6.07, 6.45) is 0.997. The number of ether oxygens (including phenoxy) is 2. The summed E-state index contributed by atoms with van der Waals surface area (Å²) in [6, 6.07) is 15.1. The van der Waals surface area contributed by atoms with Crippen LogP contribution in [-0.2, 0) is 26.2 Å². The van der Waals surface area contributed by atoms with Gasteiger partial charge >= 0.3 is 0 Å². The number of benzene rings is 3. The van der Waals surface area contributed by atoms with Crippen molar-refractivity contribution in [3.05, 3.63) is 81.8 Å². The van der Waals surface area contributed by atoms with Crippen LogP contribution in [0.4, 0.5) is 5.69 Å². The molecule has 0 saturated carbocycles. The molecule has 0 spiro atoms. The van der Waals surface area contributed by atoms with Crippen molar-refractivity contribution in [2.45, 2.75) is 51.1 Å². The number of nitrogens with zero attached hydrogens (tertiary/aromatic N) is 2. The largest absolute Gasteiger partial charge is 0.497 e. The Bertz CT molecular complexity index is 1530. The average molecular weight is 651 g/mol. The molecule has 0 aliphatic carbocycles. The normalized spacial score (nSPS) is 11.9. The van der Waals surface area contributed by atoms with Crippen LogP contribution in [0.2, 0.25) is 10.0 Å². The summed E-state index contributed by atoms with van der Waals surface area (Å²) in [4.78, 5) is 28.9. The van der Waals surface area contributed by atoms with E-state index in [1.165, 1.54) is 37.3 Å². The third-order valence-corrected chi connectivity index (χ3v) is 9.33. The van der Waals surface area contributed by atoms with Crippen LogP contribution in [-0.4, -0.2) is 58.5 Å². The van der Waals surface area contributed by atoms with Gasteiger partial charge in [0.05, 0.1) is 34.8 Å². The Hall–Kier alpha value is -3.47. The number of anilines is 1. The third kappa shape index (κ3) is 8.34. The van der Waals surface area contributed by atoms with Crippen LogP contribution in [0.15, 0.2) is 65.6 Å². The van der Waals surface area contributed by atoms with E-state index in [9.17, 15) is 18.0 Å². The number of sulfonamides is 1. The van der Waals surface area contributed by atoms with Gasteiger partial charge < -0.3 is 19.7 Å². The van der Waals surface area contributed by atoms with Crippen LogP contribution in [0.1, 0.15) is 37.8 Å². The van der Waals surface area contributed by atoms with E-state index >= 15 is 0 Å². The topological polar surface area (TPSA) is 105 Å². The van der Waals surface area contributed by atoms with Crippen molar-refractivity contribution >= 4 is 50.7 Å². The van der Waals surface area contributed by atoms with Crippen molar-refractivity contribution in [3.63, 3.8) is 0 Å². The monoisotopic (exact) mass is 649 g/mol. The molecule has 9 nitrogen and oxygen atoms in total. The molecule has 0 saturated heterocycles. The highest BCUT2D eigenvalue weighted by Crippen LogP contribution is 2.36. The van der Waals surface area contributed by atoms with Gasteiger partial charge in [-0.15, -0.1) is 0 Å². The average Bonchev–Trinajstić information content (AvgIpc) is 3.00. The lowest BCUT2D eigenvalue weighted by atomic mass is 10.1. The maximum absolute atomic E-state index is 14.3. The maximum atomic E-state index is 14.3. The van der Waals surface area contributed by atoms with Crippen LogP contribution in [0.25, 0.3) is 0 Å². The van der Waals surface area contributed by atoms with E-state index < -0.39 is 28.5 Å². The molecule has 0 heterocycles. The molecule has 2 amide bonds. The fourth-order valence-corrected chi connectivity index (χ4v) is 6.20. The van der Waals surface area contributed by atoms with E-state index in [4.69, 9.17) is 32.7 Å². The molecular formula is C31H37Cl2N3O6S. The first-order valence-electron chi connectivity index (χ1n) is 13.8. The molecule has 0 aromatic heterocycles. The van der Waals surface area contributed by atoms with E-state index in [0.29, 0.717) is 34.3 Å². The Morgan fingerprint density at radius 2 is 1.63 bits per heavy atom. The summed E-state index contributed by atoms with van der Waals surface area (Å²) in [5.74, 6) is -0.367. The van der Waals surface area contributed by atoms with Crippen molar-refractivity contribution in [1.82, 2.24) is 10.2 Å². The molecule has 3 rings (SSSR count). The lowest BCUT2D eigenvalue weighted by Crippen LogP contribution is -2.52. The minimum atomic E-state index is -4.30. The predicted octanol–water partition coefficient (Wildman–Crippen LogP) is 5.85. The van der Waals surface area contributed by atoms with E-state index in [-0.39, 0.29) is 35.2 Å². The molecule has 0 radical (unpaired) electrons. The second-order valence-electron chi connectivity index (χ2n) is 9.85. The highest BCUT2D eigenvalue weighted by atomic mass is 35.5. The molecule has 1 atom stereocenters. The molecule has 0 unspecified atom stereocenters. The summed E-state index contributed by atoms with van der Waals surface area (Å²) >= 11 is 12.4. The number of halogens is 2. The van der Waals surface area contributed by atoms with E-state index in [0.717, 1.165) is 9.87 Å². The SMILES string of the molecule is CCCNC(=O)[C@H](CC)N(Cc1ccc(Cl)c(Cl)c1)C(=O)CN(c1cc(OC)ccc1OC)S(=O)(=O)c1ccc(C)cc1. The van der Waals surface area contributed by atoms with Gasteiger partial charge in [-0.3, -0.25) is 13.9 Å². The van der Waals surface area contributed by atoms with Crippen molar-refractivity contribution in [2.75, 3.05) is 31.6 Å². The number of rotatable bonds is 14. The Morgan fingerprint density at radius 3 is 2.21 bits per heavy atom. The first kappa shape index (κ1) is 34.0. The van der Waals surface area contributed by atoms with Crippen LogP contribution < -0.4 is 19.1 Å². The number of carbonyl (C=O) groups excluding carboxylic acids is 2. The van der Waals surface area contributed by atoms with Gasteiger partial charge in [0.25, 0.3) is 10.0 Å². The standard InChI is InChI=1S/C31H37Cl2N3O6S/c1-6-16-34-31(38)27(7-2)35(19-22-10-14-25(32)26(33)17-22)30(37)20-36(28-18-23(41-4)11-15-29(28)42-5)43(39,40)24-12-8-21(3)9-13-24/h8-15,17-18,27H,6-7,16,19-20H2,1-5H3,(H,34,38)/t27-/m0/s1. The summed E-state index contributed by atoms with van der Waals surface area (Å²) in [7, 11) is -1.44. The number of aryl methyl sites for hydroxylation is 1. The third-order valence-electron chi connectivity index (χ3n) is 6.81. The van der Waals surface area contributed by atoms with Gasteiger partial charge in [-0.05, 0) is 61.7 Å². The van der Waals surface area contributed by atoms with Crippen molar-refractivity contribution in [3.8, 4) is 11.5 Å². The molecule has 1 N–H and O–H groups in total. The van der Waals surface area contributed by atoms with Crippen LogP contribution in [0, 0.1) is 6.92 Å². The van der Waals surface area contributed by atoms with Crippen molar-refractivity contribution < 1.29 is 27.5 Å². The number of methoxy groups -OCH3 is 2. The molecule has 12 heteroatoms. The lowest BCUT2D eigenvalue weighted by Gasteiger charge is -2.33. The van der Waals surface area contributed by atoms with E-state index in [1.54, 1.807) is 49.4 Å². The van der Waals surface area contributed by atoms with Crippen LogP contribution in [0.5, 0.6) is 11.5 Å². The predicted molar refractivity (Wildman–Crippen MR) is 170 cm³/mol. The van der Waals surface area contributed by atoms with Crippen LogP contribution >= 0.6 is 23.2 Å². The van der Waals surface area contributed by atoms with Gasteiger partial charge in [0.15, 0.2) is 0 Å². The summed E-state index contributed by atoms with van der Waals surface area (Å²) in [5.41, 5.74) is 1.60. The Labute approximate surface area is 263 Å². The van der Waals surface area contributed by atoms with Gasteiger partial charge in [0.1, 0.15) is 24.1 Å². The number of hydrogen-bond acceptors (Lipinski definition) is 6. The molecule has 0 aliphatic rings. The van der Waals surface area contributed by atoms with Gasteiger partial charge in [0, 0.05) is 19.2 Å². The Balaban J connectivity index is 2.15. The highest BCUT2D eigenvalue weighted by Gasteiger charge is 2.35. The molecule has 3 aromatic rings. The van der Waals surface area contributed by atoms with Gasteiger partial charge in [-0.25, -0.2) is 8.42 Å². The smallest absolute Gasteiger partial charge is 0.264 e. The molecule has 0 aliphatic heterocycles. The number of hydrogen-bond donors (Lipinski definition) is 1. The van der Waals surface area contributed by atoms with Crippen molar-refractivity contribution in [2.24, 2.45) is 0 Å². The van der Waals surface area contributed by atoms with Gasteiger partial charge in [-0.2, -0.15) is 0 Å². The molecule has 43 heavy (non-hydrogen) atoms. The number of amides is 2. The second-order valence-corrected chi connectivity index (χ2v) is 12.5. The van der Waals surface area contributed by atoms with Gasteiger partial charge in [0.2, 0.25) is 11.8 Å². The number of nitrogens with one attached hydrogen (secondary N) is 1. The van der Waals surface area contributed by atoms with E-state index in [2.05, 4.69) is 5.32 Å². The maximum Gasteiger partial charge on any atom is 0.264 e. The van der Waals surface area contributed by atoms with Gasteiger partial charge in [-0.1, -0.05) is 60.8 Å². The molecule has 232 valence electrons. The fraction of sp³-hybridized carbons (Fsp3) is 0.355. The molecular weight excluding hydrogens is 613 g/mol.